The van der Waals surface area contributed by atoms with Gasteiger partial charge in [0.05, 0.1) is 5.69 Å². The van der Waals surface area contributed by atoms with Crippen LogP contribution in [0, 0.1) is 0 Å². The van der Waals surface area contributed by atoms with Crippen molar-refractivity contribution in [3.63, 3.8) is 0 Å². The van der Waals surface area contributed by atoms with E-state index in [1.165, 1.54) is 6.92 Å². The topological polar surface area (TPSA) is 72.5 Å². The highest BCUT2D eigenvalue weighted by atomic mass is 16.5. The number of benzene rings is 1. The second-order valence-corrected chi connectivity index (χ2v) is 2.63. The number of para-hydroxylation sites is 2. The minimum Gasteiger partial charge on any atom is -0.422 e. The molecule has 0 radical (unpaired) electrons. The Labute approximate surface area is 75.9 Å². The molecule has 1 atom stereocenters. The summed E-state index contributed by atoms with van der Waals surface area (Å²) in [6.07, 6.45) is -1.14. The monoisotopic (exact) mass is 181 g/mol. The number of carbonyl (C=O) groups is 1. The Hall–Kier alpha value is -1.55. The molecule has 0 aliphatic carbocycles. The molecule has 70 valence electrons. The maximum absolute atomic E-state index is 10.9. The smallest absolute Gasteiger partial charge is 0.340 e. The van der Waals surface area contributed by atoms with E-state index in [4.69, 9.17) is 15.6 Å². The summed E-state index contributed by atoms with van der Waals surface area (Å²) in [7, 11) is 0. The highest BCUT2D eigenvalue weighted by Crippen LogP contribution is 2.19. The number of nitrogen functional groups attached to an aromatic ring is 1. The third-order valence-electron chi connectivity index (χ3n) is 1.47. The van der Waals surface area contributed by atoms with Crippen molar-refractivity contribution in [2.45, 2.75) is 13.0 Å². The number of anilines is 1. The van der Waals surface area contributed by atoms with Crippen molar-refractivity contribution in [1.29, 1.82) is 0 Å². The Bertz CT molecular complexity index is 309. The van der Waals surface area contributed by atoms with Crippen LogP contribution in [-0.2, 0) is 4.79 Å². The van der Waals surface area contributed by atoms with E-state index in [1.54, 1.807) is 24.3 Å². The van der Waals surface area contributed by atoms with Crippen molar-refractivity contribution < 1.29 is 14.6 Å². The Kier molecular flexibility index (Phi) is 2.87. The molecule has 0 aromatic heterocycles. The maximum Gasteiger partial charge on any atom is 0.340 e. The Morgan fingerprint density at radius 2 is 2.15 bits per heavy atom. The summed E-state index contributed by atoms with van der Waals surface area (Å²) in [5.41, 5.74) is 5.88. The van der Waals surface area contributed by atoms with Crippen LogP contribution in [0.2, 0.25) is 0 Å². The first-order chi connectivity index (χ1) is 6.11. The summed E-state index contributed by atoms with van der Waals surface area (Å²) >= 11 is 0. The van der Waals surface area contributed by atoms with Crippen LogP contribution in [0.15, 0.2) is 24.3 Å². The number of aliphatic hydroxyl groups is 1. The second-order valence-electron chi connectivity index (χ2n) is 2.63. The lowest BCUT2D eigenvalue weighted by Gasteiger charge is -2.07. The van der Waals surface area contributed by atoms with Crippen molar-refractivity contribution >= 4 is 11.7 Å². The quantitative estimate of drug-likeness (QED) is 0.397. The predicted molar refractivity (Wildman–Crippen MR) is 48.2 cm³/mol. The second kappa shape index (κ2) is 3.91. The molecule has 13 heavy (non-hydrogen) atoms. The molecule has 0 fully saturated rings. The van der Waals surface area contributed by atoms with E-state index in [-0.39, 0.29) is 5.75 Å². The summed E-state index contributed by atoms with van der Waals surface area (Å²) in [6, 6.07) is 6.61. The third-order valence-corrected chi connectivity index (χ3v) is 1.47. The number of rotatable bonds is 2. The zero-order valence-electron chi connectivity index (χ0n) is 7.23. The van der Waals surface area contributed by atoms with Gasteiger partial charge in [0.25, 0.3) is 0 Å². The normalized spacial score (nSPS) is 12.2. The van der Waals surface area contributed by atoms with Crippen LogP contribution in [-0.4, -0.2) is 17.2 Å². The van der Waals surface area contributed by atoms with Gasteiger partial charge in [0.1, 0.15) is 6.10 Å². The van der Waals surface area contributed by atoms with Crippen LogP contribution in [0.3, 0.4) is 0 Å². The van der Waals surface area contributed by atoms with Crippen LogP contribution in [0.5, 0.6) is 5.75 Å². The molecule has 0 amide bonds. The van der Waals surface area contributed by atoms with E-state index in [1.807, 2.05) is 0 Å². The number of hydrogen-bond donors (Lipinski definition) is 2. The molecule has 0 saturated heterocycles. The minimum absolute atomic E-state index is 0.272. The number of carbonyl (C=O) groups excluding carboxylic acids is 1. The molecule has 0 aliphatic heterocycles. The number of ether oxygens (including phenoxy) is 1. The molecule has 0 aliphatic rings. The molecular formula is C9H11NO3. The number of hydrogen-bond acceptors (Lipinski definition) is 4. The van der Waals surface area contributed by atoms with Gasteiger partial charge in [-0.25, -0.2) is 4.79 Å². The fraction of sp³-hybridized carbons (Fsp3) is 0.222. The van der Waals surface area contributed by atoms with E-state index >= 15 is 0 Å². The van der Waals surface area contributed by atoms with Crippen LogP contribution >= 0.6 is 0 Å². The van der Waals surface area contributed by atoms with Gasteiger partial charge in [-0.3, -0.25) is 0 Å². The first-order valence-electron chi connectivity index (χ1n) is 3.85. The summed E-state index contributed by atoms with van der Waals surface area (Å²) in [6.45, 7) is 1.33. The van der Waals surface area contributed by atoms with E-state index in [2.05, 4.69) is 0 Å². The average molecular weight is 181 g/mol. The zero-order valence-corrected chi connectivity index (χ0v) is 7.23. The van der Waals surface area contributed by atoms with Gasteiger partial charge in [0.15, 0.2) is 5.75 Å². The average Bonchev–Trinajstić information content (AvgIpc) is 2.08. The highest BCUT2D eigenvalue weighted by molar-refractivity contribution is 5.78. The summed E-state index contributed by atoms with van der Waals surface area (Å²) in [5.74, 6) is -0.439. The lowest BCUT2D eigenvalue weighted by Crippen LogP contribution is -2.22. The molecule has 0 bridgehead atoms. The summed E-state index contributed by atoms with van der Waals surface area (Å²) < 4.78 is 4.79. The molecule has 1 aromatic rings. The first-order valence-corrected chi connectivity index (χ1v) is 3.85. The fourth-order valence-electron chi connectivity index (χ4n) is 0.767. The zero-order chi connectivity index (χ0) is 9.84. The number of esters is 1. The molecule has 0 saturated carbocycles. The van der Waals surface area contributed by atoms with Crippen molar-refractivity contribution in [3.05, 3.63) is 24.3 Å². The Morgan fingerprint density at radius 3 is 2.69 bits per heavy atom. The number of aliphatic hydroxyl groups excluding tert-OH is 1. The van der Waals surface area contributed by atoms with E-state index < -0.39 is 12.1 Å². The molecule has 1 unspecified atom stereocenters. The van der Waals surface area contributed by atoms with Gasteiger partial charge < -0.3 is 15.6 Å². The van der Waals surface area contributed by atoms with Crippen LogP contribution in [0.25, 0.3) is 0 Å². The Morgan fingerprint density at radius 1 is 1.54 bits per heavy atom. The van der Waals surface area contributed by atoms with Crippen molar-refractivity contribution in [1.82, 2.24) is 0 Å². The largest absolute Gasteiger partial charge is 0.422 e. The lowest BCUT2D eigenvalue weighted by molar-refractivity contribution is -0.142. The van der Waals surface area contributed by atoms with Gasteiger partial charge in [0.2, 0.25) is 0 Å². The van der Waals surface area contributed by atoms with Gasteiger partial charge in [-0.15, -0.1) is 0 Å². The first kappa shape index (κ1) is 9.54. The molecule has 1 rings (SSSR count). The van der Waals surface area contributed by atoms with Crippen molar-refractivity contribution in [3.8, 4) is 5.75 Å². The van der Waals surface area contributed by atoms with Gasteiger partial charge in [0, 0.05) is 0 Å². The van der Waals surface area contributed by atoms with Crippen molar-refractivity contribution in [2.24, 2.45) is 0 Å². The third kappa shape index (κ3) is 2.45. The number of nitrogens with two attached hydrogens (primary N) is 1. The lowest BCUT2D eigenvalue weighted by atomic mass is 10.3. The van der Waals surface area contributed by atoms with Gasteiger partial charge in [-0.05, 0) is 19.1 Å². The molecule has 4 nitrogen and oxygen atoms in total. The van der Waals surface area contributed by atoms with Crippen molar-refractivity contribution in [2.75, 3.05) is 5.73 Å². The summed E-state index contributed by atoms with van der Waals surface area (Å²) in [4.78, 5) is 10.9. The van der Waals surface area contributed by atoms with Gasteiger partial charge in [-0.2, -0.15) is 0 Å². The van der Waals surface area contributed by atoms with E-state index in [9.17, 15) is 4.79 Å². The van der Waals surface area contributed by atoms with Crippen LogP contribution in [0.1, 0.15) is 6.92 Å². The fourth-order valence-corrected chi connectivity index (χ4v) is 0.767. The molecule has 3 N–H and O–H groups in total. The van der Waals surface area contributed by atoms with E-state index in [0.29, 0.717) is 5.69 Å². The van der Waals surface area contributed by atoms with Crippen LogP contribution < -0.4 is 10.5 Å². The summed E-state index contributed by atoms with van der Waals surface area (Å²) in [5, 5.41) is 8.86. The highest BCUT2D eigenvalue weighted by Gasteiger charge is 2.12. The molecule has 4 heteroatoms. The van der Waals surface area contributed by atoms with Crippen LogP contribution in [0.4, 0.5) is 5.69 Å². The standard InChI is InChI=1S/C9H11NO3/c1-6(11)9(12)13-8-5-3-2-4-7(8)10/h2-6,11H,10H2,1H3. The molecular weight excluding hydrogens is 170 g/mol. The minimum atomic E-state index is -1.14. The molecule has 0 heterocycles. The van der Waals surface area contributed by atoms with E-state index in [0.717, 1.165) is 0 Å². The SMILES string of the molecule is CC(O)C(=O)Oc1ccccc1N. The maximum atomic E-state index is 10.9. The van der Waals surface area contributed by atoms with Gasteiger partial charge in [-0.1, -0.05) is 12.1 Å². The van der Waals surface area contributed by atoms with Gasteiger partial charge >= 0.3 is 5.97 Å². The molecule has 0 spiro atoms. The Balaban J connectivity index is 2.75. The predicted octanol–water partition coefficient (Wildman–Crippen LogP) is 0.555. The molecule has 1 aromatic carbocycles.